The van der Waals surface area contributed by atoms with Crippen molar-refractivity contribution in [3.63, 3.8) is 0 Å². The normalized spacial score (nSPS) is 10.9. The molecule has 1 aromatic carbocycles. The van der Waals surface area contributed by atoms with Gasteiger partial charge in [0.05, 0.1) is 0 Å². The smallest absolute Gasteiger partial charge is 0.411 e. The van der Waals surface area contributed by atoms with Crippen molar-refractivity contribution in [2.45, 2.75) is 13.8 Å². The summed E-state index contributed by atoms with van der Waals surface area (Å²) in [6.07, 6.45) is 6.10. The van der Waals surface area contributed by atoms with Gasteiger partial charge < -0.3 is 9.64 Å². The molecule has 0 bridgehead atoms. The lowest BCUT2D eigenvalue weighted by Gasteiger charge is -2.17. The third-order valence-corrected chi connectivity index (χ3v) is 4.08. The van der Waals surface area contributed by atoms with Gasteiger partial charge in [0.2, 0.25) is 0 Å². The quantitative estimate of drug-likeness (QED) is 0.538. The van der Waals surface area contributed by atoms with Crippen molar-refractivity contribution in [1.29, 1.82) is 0 Å². The van der Waals surface area contributed by atoms with Crippen LogP contribution in [0.15, 0.2) is 54.9 Å². The Morgan fingerprint density at radius 1 is 1.07 bits per heavy atom. The van der Waals surface area contributed by atoms with Gasteiger partial charge in [-0.2, -0.15) is 0 Å². The van der Waals surface area contributed by atoms with Gasteiger partial charge in [0.15, 0.2) is 5.78 Å². The van der Waals surface area contributed by atoms with Gasteiger partial charge in [-0.05, 0) is 61.1 Å². The van der Waals surface area contributed by atoms with E-state index in [-0.39, 0.29) is 5.78 Å². The van der Waals surface area contributed by atoms with Crippen molar-refractivity contribution in [2.24, 2.45) is 0 Å². The minimum atomic E-state index is -0.501. The molecule has 1 aromatic heterocycles. The number of anilines is 1. The fraction of sp³-hybridized carbons (Fsp3) is 0.286. The van der Waals surface area contributed by atoms with Crippen molar-refractivity contribution in [3.8, 4) is 0 Å². The van der Waals surface area contributed by atoms with Crippen LogP contribution in [0.5, 0.6) is 0 Å². The highest BCUT2D eigenvalue weighted by molar-refractivity contribution is 6.07. The zero-order valence-electron chi connectivity index (χ0n) is 15.7. The van der Waals surface area contributed by atoms with Gasteiger partial charge in [-0.3, -0.25) is 15.1 Å². The number of pyridine rings is 1. The number of allylic oxidation sites excluding steroid dienone is 1. The number of likely N-dealkylation sites (N-methyl/N-ethyl adjacent to an activating group) is 1. The zero-order chi connectivity index (χ0) is 19.5. The lowest BCUT2D eigenvalue weighted by atomic mass is 10.1. The van der Waals surface area contributed by atoms with E-state index in [1.54, 1.807) is 42.7 Å². The van der Waals surface area contributed by atoms with Crippen molar-refractivity contribution in [1.82, 2.24) is 9.88 Å². The summed E-state index contributed by atoms with van der Waals surface area (Å²) in [5.41, 5.74) is 2.03. The summed E-state index contributed by atoms with van der Waals surface area (Å²) in [5, 5.41) is 2.66. The predicted molar refractivity (Wildman–Crippen MR) is 107 cm³/mol. The van der Waals surface area contributed by atoms with E-state index in [1.165, 1.54) is 6.08 Å². The number of ether oxygens (including phenoxy) is 1. The number of hydrogen-bond donors (Lipinski definition) is 1. The summed E-state index contributed by atoms with van der Waals surface area (Å²) in [6.45, 7) is 7.03. The molecule has 1 amide bonds. The summed E-state index contributed by atoms with van der Waals surface area (Å²) in [6, 6.07) is 10.3. The molecule has 27 heavy (non-hydrogen) atoms. The van der Waals surface area contributed by atoms with E-state index in [9.17, 15) is 9.59 Å². The summed E-state index contributed by atoms with van der Waals surface area (Å²) < 4.78 is 5.17. The third kappa shape index (κ3) is 7.03. The molecule has 0 radical (unpaired) electrons. The molecule has 0 aliphatic carbocycles. The van der Waals surface area contributed by atoms with Crippen LogP contribution in [0, 0.1) is 0 Å². The Morgan fingerprint density at radius 2 is 1.74 bits per heavy atom. The minimum absolute atomic E-state index is 0.111. The number of ketones is 1. The number of benzene rings is 1. The van der Waals surface area contributed by atoms with Crippen LogP contribution in [0.1, 0.15) is 29.8 Å². The lowest BCUT2D eigenvalue weighted by Crippen LogP contribution is -2.28. The number of hydrogen-bond acceptors (Lipinski definition) is 5. The van der Waals surface area contributed by atoms with Crippen LogP contribution in [0.25, 0.3) is 6.08 Å². The van der Waals surface area contributed by atoms with Crippen LogP contribution < -0.4 is 5.32 Å². The molecule has 0 spiro atoms. The molecule has 2 rings (SSSR count). The Morgan fingerprint density at radius 3 is 2.37 bits per heavy atom. The van der Waals surface area contributed by atoms with Gasteiger partial charge in [0.1, 0.15) is 6.61 Å². The first kappa shape index (κ1) is 20.3. The van der Waals surface area contributed by atoms with Crippen molar-refractivity contribution >= 4 is 23.6 Å². The number of carbonyl (C=O) groups is 2. The minimum Gasteiger partial charge on any atom is -0.448 e. The second kappa shape index (κ2) is 10.9. The topological polar surface area (TPSA) is 71.5 Å². The molecule has 142 valence electrons. The van der Waals surface area contributed by atoms with Gasteiger partial charge in [-0.25, -0.2) is 4.79 Å². The number of carbonyl (C=O) groups excluding carboxylic acids is 2. The van der Waals surface area contributed by atoms with Gasteiger partial charge in [-0.1, -0.05) is 19.9 Å². The molecule has 0 aliphatic rings. The third-order valence-electron chi connectivity index (χ3n) is 4.08. The fourth-order valence-corrected chi connectivity index (χ4v) is 2.42. The van der Waals surface area contributed by atoms with Crippen molar-refractivity contribution in [3.05, 3.63) is 66.0 Å². The number of aromatic nitrogens is 1. The highest BCUT2D eigenvalue weighted by Gasteiger charge is 2.06. The van der Waals surface area contributed by atoms with E-state index in [4.69, 9.17) is 4.74 Å². The Kier molecular flexibility index (Phi) is 8.19. The Hall–Kier alpha value is -2.99. The first-order chi connectivity index (χ1) is 13.1. The summed E-state index contributed by atoms with van der Waals surface area (Å²) in [7, 11) is 0. The maximum atomic E-state index is 12.2. The SMILES string of the molecule is CCN(CC)CCOC(=O)Nc1ccc(C(=O)C=Cc2ccncc2)cc1. The average molecular weight is 367 g/mol. The van der Waals surface area contributed by atoms with Crippen LogP contribution in [-0.2, 0) is 4.74 Å². The molecule has 0 saturated carbocycles. The van der Waals surface area contributed by atoms with E-state index >= 15 is 0 Å². The maximum Gasteiger partial charge on any atom is 0.411 e. The molecule has 0 aliphatic heterocycles. The first-order valence-electron chi connectivity index (χ1n) is 9.01. The van der Waals surface area contributed by atoms with Crippen LogP contribution in [0.3, 0.4) is 0 Å². The van der Waals surface area contributed by atoms with E-state index in [2.05, 4.69) is 29.0 Å². The van der Waals surface area contributed by atoms with E-state index < -0.39 is 6.09 Å². The molecule has 2 aromatic rings. The predicted octanol–water partition coefficient (Wildman–Crippen LogP) is 3.87. The van der Waals surface area contributed by atoms with Crippen LogP contribution in [-0.4, -0.2) is 48.0 Å². The molecular weight excluding hydrogens is 342 g/mol. The molecule has 0 unspecified atom stereocenters. The monoisotopic (exact) mass is 367 g/mol. The number of amides is 1. The zero-order valence-corrected chi connectivity index (χ0v) is 15.7. The second-order valence-corrected chi connectivity index (χ2v) is 5.84. The molecule has 0 atom stereocenters. The van der Waals surface area contributed by atoms with Crippen LogP contribution in [0.2, 0.25) is 0 Å². The largest absolute Gasteiger partial charge is 0.448 e. The van der Waals surface area contributed by atoms with E-state index in [0.717, 1.165) is 18.7 Å². The molecule has 6 heteroatoms. The van der Waals surface area contributed by atoms with Crippen LogP contribution >= 0.6 is 0 Å². The Labute approximate surface area is 159 Å². The summed E-state index contributed by atoms with van der Waals surface area (Å²) in [5.74, 6) is -0.111. The van der Waals surface area contributed by atoms with Crippen molar-refractivity contribution < 1.29 is 14.3 Å². The Bertz CT molecular complexity index is 754. The number of nitrogens with zero attached hydrogens (tertiary/aromatic N) is 2. The first-order valence-corrected chi connectivity index (χ1v) is 9.01. The van der Waals surface area contributed by atoms with Crippen molar-refractivity contribution in [2.75, 3.05) is 31.6 Å². The number of nitrogens with one attached hydrogen (secondary N) is 1. The standard InChI is InChI=1S/C21H25N3O3/c1-3-24(4-2)15-16-27-21(26)23-19-8-6-18(7-9-19)20(25)10-5-17-11-13-22-14-12-17/h5-14H,3-4,15-16H2,1-2H3,(H,23,26). The van der Waals surface area contributed by atoms with E-state index in [1.807, 2.05) is 12.1 Å². The van der Waals surface area contributed by atoms with E-state index in [0.29, 0.717) is 24.4 Å². The highest BCUT2D eigenvalue weighted by atomic mass is 16.5. The van der Waals surface area contributed by atoms with Crippen LogP contribution in [0.4, 0.5) is 10.5 Å². The molecule has 1 heterocycles. The summed E-state index contributed by atoms with van der Waals surface area (Å²) in [4.78, 5) is 30.1. The highest BCUT2D eigenvalue weighted by Crippen LogP contribution is 2.12. The summed E-state index contributed by atoms with van der Waals surface area (Å²) >= 11 is 0. The Balaban J connectivity index is 1.83. The van der Waals surface area contributed by atoms with Gasteiger partial charge in [0, 0.05) is 30.2 Å². The molecule has 0 saturated heterocycles. The van der Waals surface area contributed by atoms with Gasteiger partial charge in [-0.15, -0.1) is 0 Å². The molecule has 1 N–H and O–H groups in total. The second-order valence-electron chi connectivity index (χ2n) is 5.84. The number of rotatable bonds is 9. The molecular formula is C21H25N3O3. The average Bonchev–Trinajstić information content (AvgIpc) is 2.71. The fourth-order valence-electron chi connectivity index (χ4n) is 2.42. The van der Waals surface area contributed by atoms with Gasteiger partial charge >= 0.3 is 6.09 Å². The maximum absolute atomic E-state index is 12.2. The molecule has 0 fully saturated rings. The van der Waals surface area contributed by atoms with Gasteiger partial charge in [0.25, 0.3) is 0 Å². The lowest BCUT2D eigenvalue weighted by molar-refractivity contribution is 0.104. The molecule has 6 nitrogen and oxygen atoms in total.